The summed E-state index contributed by atoms with van der Waals surface area (Å²) >= 11 is 1.46. The van der Waals surface area contributed by atoms with Gasteiger partial charge in [-0.05, 0) is 25.7 Å². The van der Waals surface area contributed by atoms with Crippen LogP contribution in [0.4, 0.5) is 5.69 Å². The molecule has 0 bridgehead atoms. The molecule has 21 heavy (non-hydrogen) atoms. The van der Waals surface area contributed by atoms with Gasteiger partial charge in [0.05, 0.1) is 18.1 Å². The van der Waals surface area contributed by atoms with E-state index in [1.54, 1.807) is 19.9 Å². The lowest BCUT2D eigenvalue weighted by atomic mass is 10.1. The third-order valence-corrected chi connectivity index (χ3v) is 3.29. The molecule has 0 amide bonds. The van der Waals surface area contributed by atoms with E-state index in [4.69, 9.17) is 9.47 Å². The van der Waals surface area contributed by atoms with Gasteiger partial charge in [0, 0.05) is 0 Å². The maximum Gasteiger partial charge on any atom is 0.445 e. The van der Waals surface area contributed by atoms with Crippen LogP contribution in [0, 0.1) is 5.39 Å². The van der Waals surface area contributed by atoms with Crippen molar-refractivity contribution < 1.29 is 31.8 Å². The average molecular weight is 333 g/mol. The van der Waals surface area contributed by atoms with Gasteiger partial charge in [0.2, 0.25) is 16.7 Å². The number of thioether (sulfide) groups is 1. The van der Waals surface area contributed by atoms with Crippen LogP contribution in [-0.4, -0.2) is 30.0 Å². The van der Waals surface area contributed by atoms with E-state index in [0.29, 0.717) is 18.1 Å². The van der Waals surface area contributed by atoms with E-state index >= 15 is 0 Å². The number of nitrogens with zero attached hydrogens (tertiary/aromatic N) is 2. The van der Waals surface area contributed by atoms with Gasteiger partial charge in [0.25, 0.3) is 0 Å². The van der Waals surface area contributed by atoms with Crippen LogP contribution in [0.1, 0.15) is 31.1 Å². The van der Waals surface area contributed by atoms with Crippen LogP contribution in [0.5, 0.6) is 11.5 Å². The smallest absolute Gasteiger partial charge is 0.445 e. The highest BCUT2D eigenvalue weighted by atomic mass is 35.5. The highest BCUT2D eigenvalue weighted by Crippen LogP contribution is 2.45. The summed E-state index contributed by atoms with van der Waals surface area (Å²) in [7, 11) is 0. The van der Waals surface area contributed by atoms with Crippen LogP contribution >= 0.6 is 11.8 Å². The Balaban J connectivity index is 0.00000400. The SMILES string of the molecule is CCOc1cc(SCC)c(OCC)c([N+]#N)c1C(=O)O.[Cl-]. The highest BCUT2D eigenvalue weighted by molar-refractivity contribution is 7.99. The van der Waals surface area contributed by atoms with Crippen LogP contribution in [0.3, 0.4) is 0 Å². The summed E-state index contributed by atoms with van der Waals surface area (Å²) in [4.78, 5) is 15.2. The van der Waals surface area contributed by atoms with Gasteiger partial charge in [-0.25, -0.2) is 4.79 Å². The van der Waals surface area contributed by atoms with Gasteiger partial charge in [-0.2, -0.15) is 0 Å². The monoisotopic (exact) mass is 332 g/mol. The fraction of sp³-hybridized carbons (Fsp3) is 0.462. The standard InChI is InChI=1S/C13H16N2O4S.ClH/c1-4-18-8-7-9(20-6-3)12(19-5-2)11(15-14)10(8)13(16)17;/h7H,4-6H2,1-3H3;1H. The molecular formula is C13H17ClN2O4S. The van der Waals surface area contributed by atoms with E-state index in [-0.39, 0.29) is 35.2 Å². The number of benzene rings is 1. The lowest BCUT2D eigenvalue weighted by molar-refractivity contribution is -0.0000215. The molecular weight excluding hydrogens is 316 g/mol. The third kappa shape index (κ3) is 4.41. The molecule has 1 aromatic rings. The van der Waals surface area contributed by atoms with Crippen molar-refractivity contribution >= 4 is 23.4 Å². The summed E-state index contributed by atoms with van der Waals surface area (Å²) < 4.78 is 10.8. The molecule has 0 aliphatic heterocycles. The van der Waals surface area contributed by atoms with Gasteiger partial charge in [0.1, 0.15) is 5.75 Å². The van der Waals surface area contributed by atoms with E-state index in [1.807, 2.05) is 6.92 Å². The molecule has 1 aromatic carbocycles. The molecule has 116 valence electrons. The molecule has 0 spiro atoms. The number of aromatic carboxylic acids is 1. The topological polar surface area (TPSA) is 83.9 Å². The molecule has 0 radical (unpaired) electrons. The van der Waals surface area contributed by atoms with Gasteiger partial charge >= 0.3 is 11.7 Å². The summed E-state index contributed by atoms with van der Waals surface area (Å²) in [5, 5.41) is 18.5. The van der Waals surface area contributed by atoms with Crippen molar-refractivity contribution in [3.05, 3.63) is 16.6 Å². The van der Waals surface area contributed by atoms with Crippen LogP contribution in [0.25, 0.3) is 4.98 Å². The van der Waals surface area contributed by atoms with Crippen LogP contribution in [0.15, 0.2) is 11.0 Å². The number of halogens is 1. The number of carboxylic acids is 1. The summed E-state index contributed by atoms with van der Waals surface area (Å²) in [6, 6.07) is 1.61. The maximum absolute atomic E-state index is 11.4. The molecule has 0 saturated heterocycles. The second-order valence-electron chi connectivity index (χ2n) is 3.63. The Labute approximate surface area is 133 Å². The predicted molar refractivity (Wildman–Crippen MR) is 76.9 cm³/mol. The molecule has 0 saturated carbocycles. The minimum absolute atomic E-state index is 0. The van der Waals surface area contributed by atoms with Crippen molar-refractivity contribution in [2.75, 3.05) is 19.0 Å². The van der Waals surface area contributed by atoms with E-state index in [9.17, 15) is 15.3 Å². The van der Waals surface area contributed by atoms with E-state index < -0.39 is 5.97 Å². The number of carboxylic acid groups (broad SMARTS) is 1. The summed E-state index contributed by atoms with van der Waals surface area (Å²) in [5.74, 6) is -0.0201. The summed E-state index contributed by atoms with van der Waals surface area (Å²) in [5.41, 5.74) is -0.306. The minimum Gasteiger partial charge on any atom is -1.00 e. The zero-order chi connectivity index (χ0) is 15.1. The highest BCUT2D eigenvalue weighted by Gasteiger charge is 2.34. The van der Waals surface area contributed by atoms with Gasteiger partial charge in [-0.3, -0.25) is 0 Å². The van der Waals surface area contributed by atoms with Crippen LogP contribution < -0.4 is 21.9 Å². The Morgan fingerprint density at radius 1 is 1.33 bits per heavy atom. The van der Waals surface area contributed by atoms with E-state index in [2.05, 4.69) is 4.98 Å². The predicted octanol–water partition coefficient (Wildman–Crippen LogP) is 0.783. The molecule has 8 heteroatoms. The molecule has 0 unspecified atom stereocenters. The fourth-order valence-corrected chi connectivity index (χ4v) is 2.51. The average Bonchev–Trinajstić information content (AvgIpc) is 2.41. The number of carbonyl (C=O) groups is 1. The van der Waals surface area contributed by atoms with Crippen molar-refractivity contribution in [2.45, 2.75) is 25.7 Å². The van der Waals surface area contributed by atoms with E-state index in [0.717, 1.165) is 5.75 Å². The Bertz CT molecular complexity index is 546. The van der Waals surface area contributed by atoms with Gasteiger partial charge < -0.3 is 27.0 Å². The van der Waals surface area contributed by atoms with Gasteiger partial charge in [-0.15, -0.1) is 11.8 Å². The number of rotatable bonds is 7. The second kappa shape index (κ2) is 9.32. The first-order chi connectivity index (χ1) is 9.60. The lowest BCUT2D eigenvalue weighted by Gasteiger charge is -2.12. The molecule has 0 aliphatic rings. The Hall–Kier alpha value is -1.65. The Kier molecular flexibility index (Phi) is 8.58. The first-order valence-corrected chi connectivity index (χ1v) is 7.26. The van der Waals surface area contributed by atoms with Crippen molar-refractivity contribution in [3.63, 3.8) is 0 Å². The third-order valence-electron chi connectivity index (χ3n) is 2.39. The molecule has 1 N–H and O–H groups in total. The Morgan fingerprint density at radius 2 is 1.95 bits per heavy atom. The molecule has 0 atom stereocenters. The zero-order valence-electron chi connectivity index (χ0n) is 12.1. The van der Waals surface area contributed by atoms with Crippen LogP contribution in [-0.2, 0) is 0 Å². The summed E-state index contributed by atoms with van der Waals surface area (Å²) in [6.45, 7) is 6.15. The Morgan fingerprint density at radius 3 is 2.38 bits per heavy atom. The second-order valence-corrected chi connectivity index (χ2v) is 4.94. The lowest BCUT2D eigenvalue weighted by Crippen LogP contribution is -3.00. The fourth-order valence-electron chi connectivity index (χ4n) is 1.72. The van der Waals surface area contributed by atoms with Crippen molar-refractivity contribution in [3.8, 4) is 11.5 Å². The molecule has 0 aliphatic carbocycles. The quantitative estimate of drug-likeness (QED) is 0.587. The number of ether oxygens (including phenoxy) is 2. The van der Waals surface area contributed by atoms with Gasteiger partial charge in [0.15, 0.2) is 4.98 Å². The number of diazo groups is 1. The number of hydrogen-bond donors (Lipinski definition) is 1. The molecule has 0 fully saturated rings. The van der Waals surface area contributed by atoms with Crippen LogP contribution in [0.2, 0.25) is 0 Å². The molecule has 0 heterocycles. The maximum atomic E-state index is 11.4. The largest absolute Gasteiger partial charge is 1.00 e. The molecule has 6 nitrogen and oxygen atoms in total. The molecule has 0 aromatic heterocycles. The zero-order valence-corrected chi connectivity index (χ0v) is 13.6. The van der Waals surface area contributed by atoms with Crippen molar-refractivity contribution in [1.82, 2.24) is 0 Å². The first-order valence-electron chi connectivity index (χ1n) is 6.28. The summed E-state index contributed by atoms with van der Waals surface area (Å²) in [6.07, 6.45) is 0. The number of hydrogen-bond acceptors (Lipinski definition) is 5. The normalized spacial score (nSPS) is 9.43. The van der Waals surface area contributed by atoms with Crippen molar-refractivity contribution in [2.24, 2.45) is 0 Å². The van der Waals surface area contributed by atoms with Crippen molar-refractivity contribution in [1.29, 1.82) is 5.39 Å². The minimum atomic E-state index is -1.23. The van der Waals surface area contributed by atoms with E-state index in [1.165, 1.54) is 11.8 Å². The molecule has 1 rings (SSSR count). The first kappa shape index (κ1) is 19.4. The van der Waals surface area contributed by atoms with Gasteiger partial charge in [-0.1, -0.05) is 6.92 Å².